The molecule has 1 unspecified atom stereocenters. The van der Waals surface area contributed by atoms with Gasteiger partial charge >= 0.3 is 5.97 Å². The van der Waals surface area contributed by atoms with E-state index >= 15 is 0 Å². The second-order valence-electron chi connectivity index (χ2n) is 4.96. The van der Waals surface area contributed by atoms with Gasteiger partial charge in [-0.15, -0.1) is 0 Å². The molecular weight excluding hydrogens is 348 g/mol. The number of nitrogens with zero attached hydrogens (tertiary/aromatic N) is 1. The normalized spacial score (nSPS) is 23.9. The summed E-state index contributed by atoms with van der Waals surface area (Å²) in [5.41, 5.74) is 4.82. The Hall–Kier alpha value is -0.960. The predicted octanol–water partition coefficient (Wildman–Crippen LogP) is 0.934. The third-order valence-electron chi connectivity index (χ3n) is 3.46. The van der Waals surface area contributed by atoms with Crippen molar-refractivity contribution in [2.24, 2.45) is 5.73 Å². The summed E-state index contributed by atoms with van der Waals surface area (Å²) in [5, 5.41) is 9.07. The van der Waals surface area contributed by atoms with Gasteiger partial charge in [0.1, 0.15) is 5.54 Å². The average molecular weight is 363 g/mol. The van der Waals surface area contributed by atoms with Crippen molar-refractivity contribution in [3.8, 4) is 0 Å². The smallest absolute Gasteiger partial charge is 0.325 e. The molecule has 0 spiro atoms. The molecule has 1 heterocycles. The van der Waals surface area contributed by atoms with Gasteiger partial charge in [0.25, 0.3) is 0 Å². The number of carboxylic acids is 1. The van der Waals surface area contributed by atoms with Crippen LogP contribution in [-0.4, -0.2) is 42.4 Å². The fraction of sp³-hybridized carbons (Fsp3) is 0.417. The molecule has 110 valence electrons. The summed E-state index contributed by atoms with van der Waals surface area (Å²) in [7, 11) is -3.74. The van der Waals surface area contributed by atoms with Crippen LogP contribution < -0.4 is 5.73 Å². The molecule has 0 saturated carbocycles. The molecular formula is C12H15BrN2O4S. The van der Waals surface area contributed by atoms with E-state index in [2.05, 4.69) is 15.9 Å². The highest BCUT2D eigenvalue weighted by Crippen LogP contribution is 2.29. The quantitative estimate of drug-likeness (QED) is 0.832. The first-order valence-electron chi connectivity index (χ1n) is 5.95. The number of carboxylic acid groups (broad SMARTS) is 1. The Morgan fingerprint density at radius 1 is 1.50 bits per heavy atom. The fourth-order valence-corrected chi connectivity index (χ4v) is 4.44. The highest BCUT2D eigenvalue weighted by Gasteiger charge is 2.45. The lowest BCUT2D eigenvalue weighted by atomic mass is 10.0. The number of halogens is 1. The van der Waals surface area contributed by atoms with Gasteiger partial charge in [-0.1, -0.05) is 22.0 Å². The Balaban J connectivity index is 2.38. The van der Waals surface area contributed by atoms with Crippen molar-refractivity contribution in [3.05, 3.63) is 28.2 Å². The molecule has 1 fully saturated rings. The number of aryl methyl sites for hydroxylation is 1. The zero-order valence-electron chi connectivity index (χ0n) is 10.8. The maximum absolute atomic E-state index is 12.6. The van der Waals surface area contributed by atoms with Crippen LogP contribution >= 0.6 is 15.9 Å². The fourth-order valence-electron chi connectivity index (χ4n) is 2.17. The third-order valence-corrected chi connectivity index (χ3v) is 5.94. The highest BCUT2D eigenvalue weighted by molar-refractivity contribution is 9.10. The minimum absolute atomic E-state index is 0.106. The van der Waals surface area contributed by atoms with Crippen LogP contribution in [0.5, 0.6) is 0 Å². The van der Waals surface area contributed by atoms with Gasteiger partial charge < -0.3 is 10.8 Å². The van der Waals surface area contributed by atoms with Gasteiger partial charge in [-0.25, -0.2) is 8.42 Å². The van der Waals surface area contributed by atoms with Gasteiger partial charge in [-0.2, -0.15) is 4.31 Å². The van der Waals surface area contributed by atoms with Crippen LogP contribution in [0.4, 0.5) is 0 Å². The van der Waals surface area contributed by atoms with Crippen LogP contribution in [-0.2, 0) is 14.8 Å². The molecule has 6 nitrogen and oxygen atoms in total. The summed E-state index contributed by atoms with van der Waals surface area (Å²) in [6.45, 7) is 1.59. The minimum Gasteiger partial charge on any atom is -0.480 e. The monoisotopic (exact) mass is 362 g/mol. The SMILES string of the molecule is Cc1ccc(Br)cc1S(=O)(=O)N1CCC(N)(C(=O)O)C1. The van der Waals surface area contributed by atoms with Crippen LogP contribution in [0, 0.1) is 6.92 Å². The molecule has 3 N–H and O–H groups in total. The molecule has 2 rings (SSSR count). The van der Waals surface area contributed by atoms with Crippen LogP contribution in [0.25, 0.3) is 0 Å². The van der Waals surface area contributed by atoms with Crippen molar-refractivity contribution in [1.29, 1.82) is 0 Å². The number of aliphatic carboxylic acids is 1. The number of benzene rings is 1. The molecule has 1 atom stereocenters. The summed E-state index contributed by atoms with van der Waals surface area (Å²) in [6, 6.07) is 4.96. The summed E-state index contributed by atoms with van der Waals surface area (Å²) in [6.07, 6.45) is 0.106. The predicted molar refractivity (Wildman–Crippen MR) is 76.8 cm³/mol. The molecule has 0 aromatic heterocycles. The van der Waals surface area contributed by atoms with E-state index in [0.717, 1.165) is 4.31 Å². The Kier molecular flexibility index (Phi) is 3.94. The summed E-state index contributed by atoms with van der Waals surface area (Å²) >= 11 is 3.24. The first kappa shape index (κ1) is 15.4. The summed E-state index contributed by atoms with van der Waals surface area (Å²) in [5.74, 6) is -1.18. The van der Waals surface area contributed by atoms with Crippen molar-refractivity contribution in [1.82, 2.24) is 4.31 Å². The van der Waals surface area contributed by atoms with Crippen molar-refractivity contribution in [2.75, 3.05) is 13.1 Å². The van der Waals surface area contributed by atoms with E-state index in [-0.39, 0.29) is 24.4 Å². The van der Waals surface area contributed by atoms with Gasteiger partial charge in [0.15, 0.2) is 0 Å². The number of hydrogen-bond acceptors (Lipinski definition) is 4. The molecule has 0 aliphatic carbocycles. The second kappa shape index (κ2) is 5.10. The molecule has 1 aromatic carbocycles. The molecule has 20 heavy (non-hydrogen) atoms. The number of carbonyl (C=O) groups is 1. The van der Waals surface area contributed by atoms with Crippen LogP contribution in [0.3, 0.4) is 0 Å². The molecule has 8 heteroatoms. The first-order chi connectivity index (χ1) is 9.17. The maximum atomic E-state index is 12.6. The van der Waals surface area contributed by atoms with Crippen LogP contribution in [0.1, 0.15) is 12.0 Å². The number of hydrogen-bond donors (Lipinski definition) is 2. The minimum atomic E-state index is -3.74. The first-order valence-corrected chi connectivity index (χ1v) is 8.19. The van der Waals surface area contributed by atoms with E-state index in [0.29, 0.717) is 10.0 Å². The second-order valence-corrected chi connectivity index (χ2v) is 7.78. The van der Waals surface area contributed by atoms with Crippen molar-refractivity contribution in [3.63, 3.8) is 0 Å². The van der Waals surface area contributed by atoms with E-state index in [1.807, 2.05) is 0 Å². The Morgan fingerprint density at radius 2 is 2.15 bits per heavy atom. The Labute approximate surface area is 125 Å². The summed E-state index contributed by atoms with van der Waals surface area (Å²) < 4.78 is 26.9. The van der Waals surface area contributed by atoms with Crippen molar-refractivity contribution in [2.45, 2.75) is 23.8 Å². The third kappa shape index (κ3) is 2.60. The van der Waals surface area contributed by atoms with Gasteiger partial charge in [0, 0.05) is 17.6 Å². The van der Waals surface area contributed by atoms with E-state index in [1.165, 1.54) is 6.07 Å². The highest BCUT2D eigenvalue weighted by atomic mass is 79.9. The molecule has 0 bridgehead atoms. The maximum Gasteiger partial charge on any atom is 0.325 e. The zero-order chi connectivity index (χ0) is 15.1. The zero-order valence-corrected chi connectivity index (χ0v) is 13.2. The van der Waals surface area contributed by atoms with E-state index in [9.17, 15) is 13.2 Å². The lowest BCUT2D eigenvalue weighted by Gasteiger charge is -2.21. The molecule has 1 aliphatic heterocycles. The van der Waals surface area contributed by atoms with Gasteiger partial charge in [-0.05, 0) is 31.0 Å². The molecule has 0 radical (unpaired) electrons. The van der Waals surface area contributed by atoms with Crippen LogP contribution in [0.15, 0.2) is 27.6 Å². The lowest BCUT2D eigenvalue weighted by molar-refractivity contribution is -0.142. The molecule has 1 saturated heterocycles. The summed E-state index contributed by atoms with van der Waals surface area (Å²) in [4.78, 5) is 11.3. The molecule has 0 amide bonds. The topological polar surface area (TPSA) is 101 Å². The lowest BCUT2D eigenvalue weighted by Crippen LogP contribution is -2.50. The van der Waals surface area contributed by atoms with Crippen molar-refractivity contribution < 1.29 is 18.3 Å². The number of nitrogens with two attached hydrogens (primary N) is 1. The average Bonchev–Trinajstić information content (AvgIpc) is 2.77. The molecule has 1 aliphatic rings. The van der Waals surface area contributed by atoms with E-state index < -0.39 is 21.5 Å². The number of rotatable bonds is 3. The largest absolute Gasteiger partial charge is 0.480 e. The van der Waals surface area contributed by atoms with Crippen molar-refractivity contribution >= 4 is 31.9 Å². The van der Waals surface area contributed by atoms with Gasteiger partial charge in [0.2, 0.25) is 10.0 Å². The number of sulfonamides is 1. The van der Waals surface area contributed by atoms with E-state index in [1.54, 1.807) is 19.1 Å². The van der Waals surface area contributed by atoms with Gasteiger partial charge in [0.05, 0.1) is 4.90 Å². The Morgan fingerprint density at radius 3 is 2.70 bits per heavy atom. The Bertz CT molecular complexity index is 661. The van der Waals surface area contributed by atoms with E-state index in [4.69, 9.17) is 10.8 Å². The van der Waals surface area contributed by atoms with Crippen LogP contribution in [0.2, 0.25) is 0 Å². The standard InChI is InChI=1S/C12H15BrN2O4S/c1-8-2-3-9(13)6-10(8)20(18,19)15-5-4-12(14,7-15)11(16)17/h2-3,6H,4-5,7,14H2,1H3,(H,16,17). The van der Waals surface area contributed by atoms with Gasteiger partial charge in [-0.3, -0.25) is 4.79 Å². The molecule has 1 aromatic rings.